The Hall–Kier alpha value is -5.71. The van der Waals surface area contributed by atoms with Crippen LogP contribution in [0.25, 0.3) is 5.57 Å². The van der Waals surface area contributed by atoms with E-state index >= 15 is 0 Å². The van der Waals surface area contributed by atoms with Crippen LogP contribution in [0.2, 0.25) is 0 Å². The smallest absolute Gasteiger partial charge is 0.257 e. The van der Waals surface area contributed by atoms with Crippen LogP contribution in [0, 0.1) is 11.8 Å². The minimum Gasteiger partial charge on any atom is -0.484 e. The van der Waals surface area contributed by atoms with Crippen LogP contribution in [0.1, 0.15) is 59.2 Å². The maximum absolute atomic E-state index is 13.4. The predicted molar refractivity (Wildman–Crippen MR) is 206 cm³/mol. The van der Waals surface area contributed by atoms with E-state index in [4.69, 9.17) is 4.74 Å². The Bertz CT molecular complexity index is 2160. The molecule has 3 aromatic carbocycles. The third kappa shape index (κ3) is 8.20. The summed E-state index contributed by atoms with van der Waals surface area (Å²) < 4.78 is 8.01. The molecule has 2 aliphatic heterocycles. The second kappa shape index (κ2) is 15.9. The summed E-state index contributed by atoms with van der Waals surface area (Å²) in [7, 11) is 2.11. The van der Waals surface area contributed by atoms with Crippen molar-refractivity contribution in [1.29, 1.82) is 0 Å². The standard InChI is InChI=1S/C44H39N3O3S/c1-46-38(22-25-41(46)42-14-9-27-51-42)29-32-16-17-36(28-32)34-20-23-39(24-21-34)50-31-43(48)45-26-8-2-3-15-44(49)47-30-37-12-5-4-10-33(37)18-19-35-11-6-7-13-40(35)47/h4-7,9-14,16-17,20-25,27,29H,2-3,8,15,26,28,30-31H2,1H3/p+1. The van der Waals surface area contributed by atoms with Gasteiger partial charge in [0.15, 0.2) is 6.61 Å². The average Bonchev–Trinajstić information content (AvgIpc) is 3.93. The third-order valence-electron chi connectivity index (χ3n) is 9.32. The lowest BCUT2D eigenvalue weighted by Crippen LogP contribution is -2.31. The van der Waals surface area contributed by atoms with Gasteiger partial charge in [0, 0.05) is 42.3 Å². The number of hydrogen-bond donors (Lipinski definition) is 1. The highest BCUT2D eigenvalue weighted by molar-refractivity contribution is 7.12. The van der Waals surface area contributed by atoms with Crippen molar-refractivity contribution in [2.45, 2.75) is 38.6 Å². The molecule has 3 aliphatic rings. The van der Waals surface area contributed by atoms with Crippen molar-refractivity contribution in [1.82, 2.24) is 5.32 Å². The molecule has 0 fully saturated rings. The Morgan fingerprint density at radius 2 is 1.71 bits per heavy atom. The first-order valence-corrected chi connectivity index (χ1v) is 18.3. The number of amides is 2. The molecule has 0 saturated carbocycles. The van der Waals surface area contributed by atoms with E-state index in [9.17, 15) is 9.59 Å². The van der Waals surface area contributed by atoms with E-state index in [0.29, 0.717) is 25.3 Å². The number of carbonyl (C=O) groups is 2. The fraction of sp³-hybridized carbons (Fsp3) is 0.205. The first kappa shape index (κ1) is 33.8. The van der Waals surface area contributed by atoms with Crippen LogP contribution in [0.5, 0.6) is 5.75 Å². The van der Waals surface area contributed by atoms with Gasteiger partial charge in [0.1, 0.15) is 12.8 Å². The molecule has 7 heteroatoms. The normalized spacial score (nSPS) is 15.3. The lowest BCUT2D eigenvalue weighted by molar-refractivity contribution is -0.433. The molecule has 0 radical (unpaired) electrons. The van der Waals surface area contributed by atoms with Crippen LogP contribution in [0.4, 0.5) is 5.69 Å². The largest absolute Gasteiger partial charge is 0.484 e. The molecule has 1 N–H and O–H groups in total. The number of nitrogens with one attached hydrogen (secondary N) is 1. The number of fused-ring (bicyclic) bond motifs is 2. The molecular weight excluding hydrogens is 651 g/mol. The first-order valence-electron chi connectivity index (χ1n) is 17.5. The van der Waals surface area contributed by atoms with Crippen molar-refractivity contribution < 1.29 is 18.9 Å². The third-order valence-corrected chi connectivity index (χ3v) is 10.2. The van der Waals surface area contributed by atoms with Gasteiger partial charge in [-0.1, -0.05) is 78.9 Å². The molecule has 3 heterocycles. The van der Waals surface area contributed by atoms with Crippen molar-refractivity contribution in [3.63, 3.8) is 0 Å². The molecule has 2 amide bonds. The number of benzene rings is 3. The van der Waals surface area contributed by atoms with Gasteiger partial charge in [-0.2, -0.15) is 4.58 Å². The van der Waals surface area contributed by atoms with Gasteiger partial charge in [0.05, 0.1) is 17.1 Å². The van der Waals surface area contributed by atoms with E-state index < -0.39 is 0 Å². The Balaban J connectivity index is 0.810. The van der Waals surface area contributed by atoms with E-state index in [1.54, 1.807) is 11.3 Å². The highest BCUT2D eigenvalue weighted by Crippen LogP contribution is 2.31. The van der Waals surface area contributed by atoms with E-state index in [2.05, 4.69) is 76.7 Å². The SMILES string of the molecule is C[N+]1=C(c2cccs2)C=CC1=CC1=CC=C(c2ccc(OCC(=O)NCCCCCC(=O)N3Cc4ccccc4C#Cc4ccccc43)cc2)C1. The molecule has 0 unspecified atom stereocenters. The molecule has 0 saturated heterocycles. The van der Waals surface area contributed by atoms with Crippen molar-refractivity contribution in [3.05, 3.63) is 159 Å². The molecule has 6 nitrogen and oxygen atoms in total. The van der Waals surface area contributed by atoms with E-state index in [-0.39, 0.29) is 18.4 Å². The summed E-state index contributed by atoms with van der Waals surface area (Å²) in [5.41, 5.74) is 9.80. The van der Waals surface area contributed by atoms with Crippen molar-refractivity contribution in [3.8, 4) is 17.6 Å². The molecule has 1 aliphatic carbocycles. The van der Waals surface area contributed by atoms with Gasteiger partial charge in [0.2, 0.25) is 17.3 Å². The Kier molecular flexibility index (Phi) is 10.5. The molecular formula is C44H40N3O3S+. The lowest BCUT2D eigenvalue weighted by Gasteiger charge is -2.26. The van der Waals surface area contributed by atoms with Crippen molar-refractivity contribution >= 4 is 40.1 Å². The zero-order valence-electron chi connectivity index (χ0n) is 28.7. The van der Waals surface area contributed by atoms with Crippen LogP contribution in [0.15, 0.2) is 132 Å². The van der Waals surface area contributed by atoms with Gasteiger partial charge in [-0.3, -0.25) is 9.59 Å². The van der Waals surface area contributed by atoms with Crippen LogP contribution >= 0.6 is 11.3 Å². The Morgan fingerprint density at radius 1 is 0.902 bits per heavy atom. The molecule has 4 aromatic rings. The van der Waals surface area contributed by atoms with Gasteiger partial charge >= 0.3 is 0 Å². The van der Waals surface area contributed by atoms with Gasteiger partial charge in [-0.25, -0.2) is 0 Å². The number of ether oxygens (including phenoxy) is 1. The highest BCUT2D eigenvalue weighted by atomic mass is 32.1. The van der Waals surface area contributed by atoms with Crippen LogP contribution in [-0.4, -0.2) is 42.3 Å². The summed E-state index contributed by atoms with van der Waals surface area (Å²) in [5.74, 6) is 7.10. The number of para-hydroxylation sites is 1. The number of anilines is 1. The molecule has 0 atom stereocenters. The topological polar surface area (TPSA) is 61.7 Å². The second-order valence-corrected chi connectivity index (χ2v) is 13.8. The average molecular weight is 691 g/mol. The monoisotopic (exact) mass is 690 g/mol. The molecule has 51 heavy (non-hydrogen) atoms. The van der Waals surface area contributed by atoms with Crippen molar-refractivity contribution in [2.75, 3.05) is 25.1 Å². The van der Waals surface area contributed by atoms with Gasteiger partial charge in [-0.05, 0) is 83.3 Å². The quantitative estimate of drug-likeness (QED) is 0.0930. The Labute approximate surface area is 303 Å². The summed E-state index contributed by atoms with van der Waals surface area (Å²) in [6.45, 7) is 1.01. The number of thiophene rings is 1. The summed E-state index contributed by atoms with van der Waals surface area (Å²) in [4.78, 5) is 29.0. The van der Waals surface area contributed by atoms with Gasteiger partial charge in [0.25, 0.3) is 5.91 Å². The Morgan fingerprint density at radius 3 is 2.55 bits per heavy atom. The number of likely N-dealkylation sites (N-methyl/N-ethyl adjacent to an activating group) is 1. The molecule has 0 bridgehead atoms. The first-order chi connectivity index (χ1) is 25.0. The maximum Gasteiger partial charge on any atom is 0.257 e. The predicted octanol–water partition coefficient (Wildman–Crippen LogP) is 8.05. The van der Waals surface area contributed by atoms with E-state index in [1.165, 1.54) is 27.4 Å². The zero-order valence-corrected chi connectivity index (χ0v) is 29.5. The van der Waals surface area contributed by atoms with Gasteiger partial charge in [-0.15, -0.1) is 11.3 Å². The lowest BCUT2D eigenvalue weighted by atomic mass is 10.0. The van der Waals surface area contributed by atoms with Crippen molar-refractivity contribution in [2.24, 2.45) is 0 Å². The summed E-state index contributed by atoms with van der Waals surface area (Å²) in [6, 6.07) is 28.0. The summed E-state index contributed by atoms with van der Waals surface area (Å²) in [5, 5.41) is 5.05. The van der Waals surface area contributed by atoms with Crippen LogP contribution < -0.4 is 15.0 Å². The minimum absolute atomic E-state index is 0.0376. The zero-order chi connectivity index (χ0) is 35.0. The number of carbonyl (C=O) groups excluding carboxylic acids is 2. The number of hydrogen-bond acceptors (Lipinski definition) is 4. The van der Waals surface area contributed by atoms with Crippen LogP contribution in [-0.2, 0) is 16.1 Å². The number of nitrogens with zero attached hydrogens (tertiary/aromatic N) is 2. The molecule has 254 valence electrons. The molecule has 1 aromatic heterocycles. The highest BCUT2D eigenvalue weighted by Gasteiger charge is 2.23. The molecule has 0 spiro atoms. The summed E-state index contributed by atoms with van der Waals surface area (Å²) in [6.07, 6.45) is 14.7. The number of rotatable bonds is 12. The minimum atomic E-state index is -0.155. The summed E-state index contributed by atoms with van der Waals surface area (Å²) >= 11 is 1.75. The fourth-order valence-electron chi connectivity index (χ4n) is 6.49. The molecule has 7 rings (SSSR count). The fourth-order valence-corrected chi connectivity index (χ4v) is 7.28. The van der Waals surface area contributed by atoms with Gasteiger partial charge < -0.3 is 15.0 Å². The van der Waals surface area contributed by atoms with E-state index in [1.807, 2.05) is 77.7 Å². The van der Waals surface area contributed by atoms with E-state index in [0.717, 1.165) is 53.6 Å². The number of unbranched alkanes of at least 4 members (excludes halogenated alkanes) is 2. The maximum atomic E-state index is 13.4. The van der Waals surface area contributed by atoms with Crippen LogP contribution in [0.3, 0.4) is 0 Å². The second-order valence-electron chi connectivity index (χ2n) is 12.8. The number of allylic oxidation sites excluding steroid dienone is 7.